The summed E-state index contributed by atoms with van der Waals surface area (Å²) in [6.07, 6.45) is 11.4. The minimum Gasteiger partial charge on any atom is -0.365 e. The number of nitrogens with two attached hydrogens (primary N) is 1. The Bertz CT molecular complexity index is 1380. The average Bonchev–Trinajstić information content (AvgIpc) is 3.60. The summed E-state index contributed by atoms with van der Waals surface area (Å²) >= 11 is 1.34. The summed E-state index contributed by atoms with van der Waals surface area (Å²) < 4.78 is 0.970. The molecule has 13 heteroatoms. The second-order valence-corrected chi connectivity index (χ2v) is 13.1. The van der Waals surface area contributed by atoms with Crippen molar-refractivity contribution >= 4 is 53.8 Å². The van der Waals surface area contributed by atoms with Crippen LogP contribution in [0.1, 0.15) is 79.1 Å². The molecule has 0 radical (unpaired) electrons. The van der Waals surface area contributed by atoms with E-state index in [-0.39, 0.29) is 6.16 Å². The number of nitrogens with zero attached hydrogens (tertiary/aromatic N) is 5. The Morgan fingerprint density at radius 3 is 2.55 bits per heavy atom. The van der Waals surface area contributed by atoms with Gasteiger partial charge in [-0.15, -0.1) is 11.3 Å². The molecule has 4 N–H and O–H groups in total. The number of carbonyl (C=O) groups excluding carboxylic acids is 3. The van der Waals surface area contributed by atoms with Crippen molar-refractivity contribution < 1.29 is 24.2 Å². The van der Waals surface area contributed by atoms with Gasteiger partial charge in [-0.25, -0.2) is 9.97 Å². The second-order valence-electron chi connectivity index (χ2n) is 11.0. The number of aromatic nitrogens is 2. The Labute approximate surface area is 265 Å². The average molecular weight is 645 g/mol. The van der Waals surface area contributed by atoms with Crippen LogP contribution in [-0.4, -0.2) is 87.6 Å². The van der Waals surface area contributed by atoms with E-state index in [1.165, 1.54) is 37.0 Å². The van der Waals surface area contributed by atoms with Gasteiger partial charge in [0.2, 0.25) is 12.3 Å². The van der Waals surface area contributed by atoms with E-state index in [4.69, 9.17) is 15.5 Å². The van der Waals surface area contributed by atoms with Crippen molar-refractivity contribution in [1.29, 1.82) is 0 Å². The molecular weight excluding hydrogens is 599 g/mol. The number of thiophene rings is 1. The van der Waals surface area contributed by atoms with Crippen molar-refractivity contribution in [2.45, 2.75) is 70.5 Å². The maximum absolute atomic E-state index is 11.4. The predicted octanol–water partition coefficient (Wildman–Crippen LogP) is 4.47. The fourth-order valence-electron chi connectivity index (χ4n) is 5.53. The first kappa shape index (κ1) is 35.3. The van der Waals surface area contributed by atoms with E-state index in [2.05, 4.69) is 14.9 Å². The van der Waals surface area contributed by atoms with E-state index in [0.717, 1.165) is 65.9 Å². The van der Waals surface area contributed by atoms with Crippen LogP contribution in [-0.2, 0) is 15.8 Å². The molecule has 0 bridgehead atoms. The van der Waals surface area contributed by atoms with Crippen LogP contribution in [0.4, 0.5) is 5.82 Å². The number of likely N-dealkylation sites (tertiary alicyclic amines) is 1. The monoisotopic (exact) mass is 644 g/mol. The lowest BCUT2D eigenvalue weighted by atomic mass is 9.93. The lowest BCUT2D eigenvalue weighted by Gasteiger charge is -2.37. The molecule has 0 spiro atoms. The topological polar surface area (TPSA) is 153 Å². The van der Waals surface area contributed by atoms with Crippen molar-refractivity contribution in [3.05, 3.63) is 52.8 Å². The molecule has 3 saturated heterocycles. The van der Waals surface area contributed by atoms with Crippen molar-refractivity contribution in [3.63, 3.8) is 0 Å². The summed E-state index contributed by atoms with van der Waals surface area (Å²) in [5.41, 5.74) is 7.16. The van der Waals surface area contributed by atoms with Crippen LogP contribution in [0.2, 0.25) is 0 Å². The molecular formula is C31H45N6O5PS. The van der Waals surface area contributed by atoms with Gasteiger partial charge in [-0.05, 0) is 54.8 Å². The fraction of sp³-hybridized carbons (Fsp3) is 0.516. The molecule has 240 valence electrons. The number of fused-ring (bicyclic) bond motifs is 2. The number of hydrogen-bond donors (Lipinski definition) is 3. The molecule has 2 aromatic heterocycles. The van der Waals surface area contributed by atoms with Gasteiger partial charge < -0.3 is 30.2 Å². The highest BCUT2D eigenvalue weighted by molar-refractivity contribution is 7.44. The van der Waals surface area contributed by atoms with Crippen molar-refractivity contribution in [2.75, 3.05) is 38.6 Å². The van der Waals surface area contributed by atoms with Crippen LogP contribution >= 0.6 is 19.7 Å². The predicted molar refractivity (Wildman–Crippen MR) is 177 cm³/mol. The van der Waals surface area contributed by atoms with Gasteiger partial charge in [0.25, 0.3) is 5.91 Å². The Kier molecular flexibility index (Phi) is 13.9. The van der Waals surface area contributed by atoms with Gasteiger partial charge in [-0.1, -0.05) is 26.3 Å². The SMILES string of the molecule is CC.CN(C)c1ncncc1C1CN(C=O)C1.NC(=O)c1cc2cc(CP(O)O)ccc2s1.O=C1CCCCC2CCCN12. The van der Waals surface area contributed by atoms with E-state index in [9.17, 15) is 14.4 Å². The molecule has 11 nitrogen and oxygen atoms in total. The van der Waals surface area contributed by atoms with E-state index in [1.54, 1.807) is 17.3 Å². The van der Waals surface area contributed by atoms with Crippen LogP contribution in [0.5, 0.6) is 0 Å². The van der Waals surface area contributed by atoms with Crippen molar-refractivity contribution in [2.24, 2.45) is 5.73 Å². The number of hydrogen-bond acceptors (Lipinski definition) is 9. The van der Waals surface area contributed by atoms with Gasteiger partial charge in [-0.3, -0.25) is 14.4 Å². The molecule has 5 heterocycles. The van der Waals surface area contributed by atoms with Crippen LogP contribution in [0, 0.1) is 0 Å². The maximum atomic E-state index is 11.4. The molecule has 3 aliphatic rings. The number of primary amides is 1. The zero-order valence-corrected chi connectivity index (χ0v) is 27.8. The Morgan fingerprint density at radius 1 is 1.16 bits per heavy atom. The number of anilines is 1. The third kappa shape index (κ3) is 9.66. The molecule has 1 aromatic carbocycles. The molecule has 3 aliphatic heterocycles. The van der Waals surface area contributed by atoms with Gasteiger partial charge in [0.05, 0.1) is 4.88 Å². The quantitative estimate of drug-likeness (QED) is 0.263. The smallest absolute Gasteiger partial charge is 0.258 e. The number of rotatable bonds is 6. The third-order valence-electron chi connectivity index (χ3n) is 7.66. The molecule has 0 saturated carbocycles. The summed E-state index contributed by atoms with van der Waals surface area (Å²) in [6.45, 7) is 6.58. The van der Waals surface area contributed by atoms with E-state index in [0.29, 0.717) is 22.7 Å². The molecule has 6 rings (SSSR count). The normalized spacial score (nSPS) is 17.6. The van der Waals surface area contributed by atoms with Crippen LogP contribution in [0.15, 0.2) is 36.8 Å². The zero-order valence-electron chi connectivity index (χ0n) is 26.1. The fourth-order valence-corrected chi connectivity index (χ4v) is 6.95. The molecule has 0 aliphatic carbocycles. The van der Waals surface area contributed by atoms with Gasteiger partial charge >= 0.3 is 0 Å². The van der Waals surface area contributed by atoms with Gasteiger partial charge in [0, 0.05) is 74.7 Å². The summed E-state index contributed by atoms with van der Waals surface area (Å²) in [6, 6.07) is 7.87. The lowest BCUT2D eigenvalue weighted by molar-refractivity contribution is -0.131. The van der Waals surface area contributed by atoms with Crippen molar-refractivity contribution in [3.8, 4) is 0 Å². The van der Waals surface area contributed by atoms with E-state index < -0.39 is 14.3 Å². The number of benzene rings is 1. The minimum absolute atomic E-state index is 0.243. The minimum atomic E-state index is -1.93. The summed E-state index contributed by atoms with van der Waals surface area (Å²) in [4.78, 5) is 65.3. The summed E-state index contributed by atoms with van der Waals surface area (Å²) in [5.74, 6) is 1.30. The Hall–Kier alpha value is -3.18. The van der Waals surface area contributed by atoms with Gasteiger partial charge in [-0.2, -0.15) is 0 Å². The van der Waals surface area contributed by atoms with Crippen LogP contribution < -0.4 is 10.6 Å². The maximum Gasteiger partial charge on any atom is 0.258 e. The van der Waals surface area contributed by atoms with E-state index >= 15 is 0 Å². The summed E-state index contributed by atoms with van der Waals surface area (Å²) in [7, 11) is 1.99. The number of carbonyl (C=O) groups is 3. The van der Waals surface area contributed by atoms with Gasteiger partial charge in [0.1, 0.15) is 12.1 Å². The van der Waals surface area contributed by atoms with Crippen LogP contribution in [0.25, 0.3) is 10.1 Å². The summed E-state index contributed by atoms with van der Waals surface area (Å²) in [5, 5.41) is 0.910. The second kappa shape index (κ2) is 17.3. The zero-order chi connectivity index (χ0) is 32.2. The molecule has 1 unspecified atom stereocenters. The number of amides is 3. The standard InChI is InChI=1S/C10H14N4O.C10H10NO3PS.C9H15NO.C2H6/c1-13(2)10-9(3-11-6-12-10)8-4-14(5-8)7-15;11-10(12)9-4-7-3-6(5-15(13)14)1-2-8(7)16-9;11-9-6-2-1-4-8-5-3-7-10(8)9;1-2/h3,6-8H,4-5H2,1-2H3;1-4,13-14H,5H2,(H2,11,12);8H,1-7H2;1-2H3. The van der Waals surface area contributed by atoms with Gasteiger partial charge in [0.15, 0.2) is 8.38 Å². The van der Waals surface area contributed by atoms with Crippen LogP contribution in [0.3, 0.4) is 0 Å². The Morgan fingerprint density at radius 2 is 1.89 bits per heavy atom. The molecule has 1 atom stereocenters. The molecule has 3 amide bonds. The van der Waals surface area contributed by atoms with E-state index in [1.807, 2.05) is 57.2 Å². The molecule has 3 aromatic rings. The first-order valence-corrected chi connectivity index (χ1v) is 17.3. The highest BCUT2D eigenvalue weighted by atomic mass is 32.1. The highest BCUT2D eigenvalue weighted by Gasteiger charge is 2.30. The highest BCUT2D eigenvalue weighted by Crippen LogP contribution is 2.33. The third-order valence-corrected chi connectivity index (χ3v) is 9.44. The Balaban J connectivity index is 0.000000178. The lowest BCUT2D eigenvalue weighted by Crippen LogP contribution is -2.44. The van der Waals surface area contributed by atoms with Crippen molar-refractivity contribution in [1.82, 2.24) is 19.8 Å². The first-order valence-electron chi connectivity index (χ1n) is 15.1. The molecule has 44 heavy (non-hydrogen) atoms. The largest absolute Gasteiger partial charge is 0.365 e. The first-order chi connectivity index (χ1) is 21.2. The molecule has 3 fully saturated rings.